The van der Waals surface area contributed by atoms with Gasteiger partial charge in [-0.25, -0.2) is 9.97 Å². The van der Waals surface area contributed by atoms with E-state index >= 15 is 0 Å². The van der Waals surface area contributed by atoms with Gasteiger partial charge in [-0.1, -0.05) is 32.0 Å². The number of ether oxygens (including phenoxy) is 1. The third-order valence-electron chi connectivity index (χ3n) is 3.65. The molecule has 0 bridgehead atoms. The zero-order valence-electron chi connectivity index (χ0n) is 15.3. The minimum absolute atomic E-state index is 0.208. The van der Waals surface area contributed by atoms with Crippen molar-refractivity contribution in [3.63, 3.8) is 0 Å². The summed E-state index contributed by atoms with van der Waals surface area (Å²) in [5, 5.41) is 5.94. The molecule has 2 aromatic carbocycles. The summed E-state index contributed by atoms with van der Waals surface area (Å²) >= 11 is 0. The topological polar surface area (TPSA) is 76.1 Å². The van der Waals surface area contributed by atoms with Gasteiger partial charge in [-0.15, -0.1) is 0 Å². The van der Waals surface area contributed by atoms with Gasteiger partial charge in [-0.05, 0) is 48.4 Å². The van der Waals surface area contributed by atoms with Crippen LogP contribution in [-0.2, 0) is 0 Å². The minimum atomic E-state index is -0.208. The van der Waals surface area contributed by atoms with Crippen LogP contribution in [0.1, 0.15) is 24.3 Å². The number of benzene rings is 2. The fraction of sp³-hybridized carbons (Fsp3) is 0.190. The molecule has 0 aliphatic rings. The molecule has 0 fully saturated rings. The highest BCUT2D eigenvalue weighted by molar-refractivity contribution is 5.92. The Morgan fingerprint density at radius 3 is 2.41 bits per heavy atom. The Hall–Kier alpha value is -3.41. The second kappa shape index (κ2) is 8.80. The Kier molecular flexibility index (Phi) is 5.99. The van der Waals surface area contributed by atoms with Crippen molar-refractivity contribution in [1.29, 1.82) is 0 Å². The van der Waals surface area contributed by atoms with Crippen molar-refractivity contribution >= 4 is 17.5 Å². The molecule has 0 radical (unpaired) electrons. The lowest BCUT2D eigenvalue weighted by molar-refractivity contribution is 0.0944. The number of hydrogen-bond acceptors (Lipinski definition) is 5. The van der Waals surface area contributed by atoms with E-state index in [9.17, 15) is 4.79 Å². The van der Waals surface area contributed by atoms with E-state index in [0.29, 0.717) is 24.1 Å². The lowest BCUT2D eigenvalue weighted by Crippen LogP contribution is -2.28. The molecule has 3 aromatic rings. The van der Waals surface area contributed by atoms with Crippen LogP contribution in [0.15, 0.2) is 66.9 Å². The molecule has 1 amide bonds. The summed E-state index contributed by atoms with van der Waals surface area (Å²) < 4.78 is 5.77. The normalized spacial score (nSPS) is 10.5. The summed E-state index contributed by atoms with van der Waals surface area (Å²) in [7, 11) is 0. The highest BCUT2D eigenvalue weighted by Gasteiger charge is 2.09. The van der Waals surface area contributed by atoms with Gasteiger partial charge in [0.2, 0.25) is 5.95 Å². The smallest absolute Gasteiger partial charge is 0.270 e. The molecule has 0 unspecified atom stereocenters. The quantitative estimate of drug-likeness (QED) is 0.651. The number of rotatable bonds is 7. The van der Waals surface area contributed by atoms with Crippen LogP contribution in [0.5, 0.6) is 11.5 Å². The predicted molar refractivity (Wildman–Crippen MR) is 105 cm³/mol. The van der Waals surface area contributed by atoms with E-state index in [1.165, 1.54) is 0 Å². The predicted octanol–water partition coefficient (Wildman–Crippen LogP) is 4.40. The number of hydrogen-bond donors (Lipinski definition) is 2. The number of para-hydroxylation sites is 1. The molecule has 3 rings (SSSR count). The first-order valence-corrected chi connectivity index (χ1v) is 8.81. The molecule has 0 aliphatic heterocycles. The Labute approximate surface area is 158 Å². The summed E-state index contributed by atoms with van der Waals surface area (Å²) in [6.07, 6.45) is 1.56. The first kappa shape index (κ1) is 18.4. The van der Waals surface area contributed by atoms with E-state index in [0.717, 1.165) is 17.2 Å². The van der Waals surface area contributed by atoms with Gasteiger partial charge in [-0.2, -0.15) is 0 Å². The molecule has 27 heavy (non-hydrogen) atoms. The molecule has 0 atom stereocenters. The van der Waals surface area contributed by atoms with Crippen LogP contribution in [0.25, 0.3) is 0 Å². The van der Waals surface area contributed by atoms with Crippen molar-refractivity contribution in [2.75, 3.05) is 11.9 Å². The summed E-state index contributed by atoms with van der Waals surface area (Å²) in [5.74, 6) is 2.05. The molecule has 0 spiro atoms. The van der Waals surface area contributed by atoms with E-state index in [4.69, 9.17) is 4.74 Å². The van der Waals surface area contributed by atoms with Crippen LogP contribution in [0.2, 0.25) is 0 Å². The maximum atomic E-state index is 12.1. The number of anilines is 2. The number of carbonyl (C=O) groups excluding carboxylic acids is 1. The fourth-order valence-electron chi connectivity index (χ4n) is 2.29. The first-order chi connectivity index (χ1) is 13.1. The average molecular weight is 362 g/mol. The van der Waals surface area contributed by atoms with Gasteiger partial charge < -0.3 is 15.4 Å². The molecule has 2 N–H and O–H groups in total. The highest BCUT2D eigenvalue weighted by atomic mass is 16.5. The standard InChI is InChI=1S/C21H22N4O2/c1-15(2)14-23-20(26)19-12-13-22-21(25-19)24-16-8-10-18(11-9-16)27-17-6-4-3-5-7-17/h3-13,15H,14H2,1-2H3,(H,23,26)(H,22,24,25). The van der Waals surface area contributed by atoms with Crippen LogP contribution in [0.3, 0.4) is 0 Å². The highest BCUT2D eigenvalue weighted by Crippen LogP contribution is 2.23. The molecule has 1 heterocycles. The number of carbonyl (C=O) groups is 1. The van der Waals surface area contributed by atoms with Gasteiger partial charge >= 0.3 is 0 Å². The maximum Gasteiger partial charge on any atom is 0.270 e. The van der Waals surface area contributed by atoms with Gasteiger partial charge in [0.1, 0.15) is 17.2 Å². The van der Waals surface area contributed by atoms with Crippen LogP contribution in [0.4, 0.5) is 11.6 Å². The lowest BCUT2D eigenvalue weighted by Gasteiger charge is -2.09. The van der Waals surface area contributed by atoms with Crippen molar-refractivity contribution in [3.8, 4) is 11.5 Å². The molecular weight excluding hydrogens is 340 g/mol. The second-order valence-corrected chi connectivity index (χ2v) is 6.43. The van der Waals surface area contributed by atoms with Gasteiger partial charge in [0.15, 0.2) is 0 Å². The van der Waals surface area contributed by atoms with E-state index < -0.39 is 0 Å². The molecular formula is C21H22N4O2. The fourth-order valence-corrected chi connectivity index (χ4v) is 2.29. The van der Waals surface area contributed by atoms with E-state index in [1.54, 1.807) is 12.3 Å². The van der Waals surface area contributed by atoms with Crippen molar-refractivity contribution in [1.82, 2.24) is 15.3 Å². The summed E-state index contributed by atoms with van der Waals surface area (Å²) in [6.45, 7) is 4.69. The largest absolute Gasteiger partial charge is 0.457 e. The Morgan fingerprint density at radius 1 is 1.00 bits per heavy atom. The van der Waals surface area contributed by atoms with Crippen LogP contribution in [-0.4, -0.2) is 22.4 Å². The lowest BCUT2D eigenvalue weighted by atomic mass is 10.2. The zero-order chi connectivity index (χ0) is 19.1. The number of nitrogens with one attached hydrogen (secondary N) is 2. The monoisotopic (exact) mass is 362 g/mol. The van der Waals surface area contributed by atoms with Crippen LogP contribution < -0.4 is 15.4 Å². The van der Waals surface area contributed by atoms with Crippen molar-refractivity contribution < 1.29 is 9.53 Å². The number of nitrogens with zero attached hydrogens (tertiary/aromatic N) is 2. The van der Waals surface area contributed by atoms with Gasteiger partial charge in [0.05, 0.1) is 0 Å². The third kappa shape index (κ3) is 5.54. The second-order valence-electron chi connectivity index (χ2n) is 6.43. The first-order valence-electron chi connectivity index (χ1n) is 8.81. The zero-order valence-corrected chi connectivity index (χ0v) is 15.3. The summed E-state index contributed by atoms with van der Waals surface area (Å²) in [5.41, 5.74) is 1.13. The molecule has 0 aliphatic carbocycles. The van der Waals surface area contributed by atoms with E-state index in [-0.39, 0.29) is 5.91 Å². The van der Waals surface area contributed by atoms with Crippen LogP contribution >= 0.6 is 0 Å². The molecule has 138 valence electrons. The molecule has 6 heteroatoms. The molecule has 0 saturated heterocycles. The molecule has 0 saturated carbocycles. The maximum absolute atomic E-state index is 12.1. The van der Waals surface area contributed by atoms with Crippen molar-refractivity contribution in [2.24, 2.45) is 5.92 Å². The Bertz CT molecular complexity index is 880. The van der Waals surface area contributed by atoms with Crippen molar-refractivity contribution in [3.05, 3.63) is 72.6 Å². The number of aromatic nitrogens is 2. The van der Waals surface area contributed by atoms with E-state index in [1.807, 2.05) is 68.4 Å². The average Bonchev–Trinajstić information content (AvgIpc) is 2.68. The molecule has 6 nitrogen and oxygen atoms in total. The summed E-state index contributed by atoms with van der Waals surface area (Å²) in [6, 6.07) is 18.6. The number of amides is 1. The van der Waals surface area contributed by atoms with E-state index in [2.05, 4.69) is 20.6 Å². The molecule has 1 aromatic heterocycles. The SMILES string of the molecule is CC(C)CNC(=O)c1ccnc(Nc2ccc(Oc3ccccc3)cc2)n1. The third-order valence-corrected chi connectivity index (χ3v) is 3.65. The van der Waals surface area contributed by atoms with Gasteiger partial charge in [0, 0.05) is 18.4 Å². The van der Waals surface area contributed by atoms with Crippen LogP contribution in [0, 0.1) is 5.92 Å². The van der Waals surface area contributed by atoms with Crippen molar-refractivity contribution in [2.45, 2.75) is 13.8 Å². The van der Waals surface area contributed by atoms with Gasteiger partial charge in [-0.3, -0.25) is 4.79 Å². The summed E-state index contributed by atoms with van der Waals surface area (Å²) in [4.78, 5) is 20.6. The minimum Gasteiger partial charge on any atom is -0.457 e. The van der Waals surface area contributed by atoms with Gasteiger partial charge in [0.25, 0.3) is 5.91 Å². The Balaban J connectivity index is 1.63. The Morgan fingerprint density at radius 2 is 1.70 bits per heavy atom.